The summed E-state index contributed by atoms with van der Waals surface area (Å²) in [6.07, 6.45) is 4.12. The molecule has 0 spiro atoms. The van der Waals surface area contributed by atoms with Crippen LogP contribution in [0.4, 0.5) is 0 Å². The molecule has 0 radical (unpaired) electrons. The second-order valence-electron chi connectivity index (χ2n) is 4.79. The summed E-state index contributed by atoms with van der Waals surface area (Å²) in [6.45, 7) is 3.18. The molecule has 0 saturated carbocycles. The minimum absolute atomic E-state index is 0.927. The van der Waals surface area contributed by atoms with Gasteiger partial charge in [0, 0.05) is 17.2 Å². The van der Waals surface area contributed by atoms with Gasteiger partial charge in [-0.2, -0.15) is 0 Å². The molecule has 0 unspecified atom stereocenters. The molecule has 0 aliphatic carbocycles. The van der Waals surface area contributed by atoms with E-state index in [1.54, 1.807) is 0 Å². The van der Waals surface area contributed by atoms with E-state index in [2.05, 4.69) is 50.6 Å². The molecule has 0 atom stereocenters. The monoisotopic (exact) mass is 329 g/mol. The summed E-state index contributed by atoms with van der Waals surface area (Å²) in [7, 11) is 0. The summed E-state index contributed by atoms with van der Waals surface area (Å²) in [4.78, 5) is 9.21. The number of aromatic nitrogens is 3. The highest BCUT2D eigenvalue weighted by molar-refractivity contribution is 9.10. The molecule has 3 nitrogen and oxygen atoms in total. The third-order valence-corrected chi connectivity index (χ3v) is 3.83. The predicted octanol–water partition coefficient (Wildman–Crippen LogP) is 4.66. The van der Waals surface area contributed by atoms with Gasteiger partial charge in [-0.05, 0) is 36.8 Å². The fourth-order valence-corrected chi connectivity index (χ4v) is 2.69. The van der Waals surface area contributed by atoms with Crippen LogP contribution in [0.1, 0.15) is 19.8 Å². The van der Waals surface area contributed by atoms with Crippen molar-refractivity contribution in [2.45, 2.75) is 26.3 Å². The lowest BCUT2D eigenvalue weighted by Gasteiger charge is -2.07. The van der Waals surface area contributed by atoms with E-state index in [1.807, 2.05) is 24.4 Å². The maximum atomic E-state index is 4.77. The van der Waals surface area contributed by atoms with Crippen LogP contribution in [0, 0.1) is 0 Å². The third-order valence-electron chi connectivity index (χ3n) is 3.34. The number of rotatable bonds is 4. The maximum Gasteiger partial charge on any atom is 0.159 e. The summed E-state index contributed by atoms with van der Waals surface area (Å²) in [5.41, 5.74) is 3.11. The normalized spacial score (nSPS) is 11.1. The minimum atomic E-state index is 0.927. The SMILES string of the molecule is CCCCn1c(-c2ccccn2)nc2cc(Br)ccc21. The lowest BCUT2D eigenvalue weighted by atomic mass is 10.3. The second kappa shape index (κ2) is 5.75. The molecule has 0 N–H and O–H groups in total. The number of aryl methyl sites for hydroxylation is 1. The van der Waals surface area contributed by atoms with Crippen LogP contribution in [-0.4, -0.2) is 14.5 Å². The standard InChI is InChI=1S/C16H16BrN3/c1-2-3-10-20-15-8-7-12(17)11-14(15)19-16(20)13-6-4-5-9-18-13/h4-9,11H,2-3,10H2,1H3. The van der Waals surface area contributed by atoms with Crippen LogP contribution >= 0.6 is 15.9 Å². The smallest absolute Gasteiger partial charge is 0.159 e. The third kappa shape index (κ3) is 2.48. The predicted molar refractivity (Wildman–Crippen MR) is 85.6 cm³/mol. The molecule has 0 aliphatic heterocycles. The molecular weight excluding hydrogens is 314 g/mol. The Kier molecular flexibility index (Phi) is 3.83. The molecule has 1 aromatic carbocycles. The Morgan fingerprint density at radius 1 is 1.20 bits per heavy atom. The lowest BCUT2D eigenvalue weighted by molar-refractivity contribution is 0.650. The van der Waals surface area contributed by atoms with Gasteiger partial charge in [0.15, 0.2) is 5.82 Å². The van der Waals surface area contributed by atoms with E-state index in [-0.39, 0.29) is 0 Å². The molecule has 0 bridgehead atoms. The Morgan fingerprint density at radius 2 is 2.10 bits per heavy atom. The fraction of sp³-hybridized carbons (Fsp3) is 0.250. The maximum absolute atomic E-state index is 4.77. The van der Waals surface area contributed by atoms with Gasteiger partial charge in [0.1, 0.15) is 5.69 Å². The Hall–Kier alpha value is -1.68. The zero-order chi connectivity index (χ0) is 13.9. The number of hydrogen-bond acceptors (Lipinski definition) is 2. The Morgan fingerprint density at radius 3 is 2.85 bits per heavy atom. The first-order chi connectivity index (χ1) is 9.79. The first-order valence-electron chi connectivity index (χ1n) is 6.87. The van der Waals surface area contributed by atoms with Crippen LogP contribution in [0.3, 0.4) is 0 Å². The first kappa shape index (κ1) is 13.3. The van der Waals surface area contributed by atoms with E-state index in [1.165, 1.54) is 5.52 Å². The lowest BCUT2D eigenvalue weighted by Crippen LogP contribution is -2.01. The van der Waals surface area contributed by atoms with Crippen LogP contribution in [0.2, 0.25) is 0 Å². The molecule has 4 heteroatoms. The van der Waals surface area contributed by atoms with Crippen LogP contribution < -0.4 is 0 Å². The molecule has 2 heterocycles. The van der Waals surface area contributed by atoms with Crippen LogP contribution in [0.5, 0.6) is 0 Å². The topological polar surface area (TPSA) is 30.7 Å². The van der Waals surface area contributed by atoms with Crippen molar-refractivity contribution in [3.63, 3.8) is 0 Å². The number of hydrogen-bond donors (Lipinski definition) is 0. The number of halogens is 1. The highest BCUT2D eigenvalue weighted by Crippen LogP contribution is 2.26. The molecule has 0 fully saturated rings. The van der Waals surface area contributed by atoms with Crippen molar-refractivity contribution in [1.29, 1.82) is 0 Å². The summed E-state index contributed by atoms with van der Waals surface area (Å²) in [5, 5.41) is 0. The fourth-order valence-electron chi connectivity index (χ4n) is 2.34. The molecule has 3 aromatic rings. The van der Waals surface area contributed by atoms with Gasteiger partial charge in [0.05, 0.1) is 11.0 Å². The molecule has 102 valence electrons. The van der Waals surface area contributed by atoms with Gasteiger partial charge in [-0.3, -0.25) is 4.98 Å². The Balaban J connectivity index is 2.19. The van der Waals surface area contributed by atoms with Crippen LogP contribution in [0.15, 0.2) is 47.1 Å². The van der Waals surface area contributed by atoms with E-state index < -0.39 is 0 Å². The summed E-state index contributed by atoms with van der Waals surface area (Å²) in [6, 6.07) is 12.2. The number of fused-ring (bicyclic) bond motifs is 1. The van der Waals surface area contributed by atoms with Crippen molar-refractivity contribution in [2.75, 3.05) is 0 Å². The number of nitrogens with zero attached hydrogens (tertiary/aromatic N) is 3. The van der Waals surface area contributed by atoms with Crippen LogP contribution in [-0.2, 0) is 6.54 Å². The zero-order valence-electron chi connectivity index (χ0n) is 11.4. The van der Waals surface area contributed by atoms with E-state index in [0.29, 0.717) is 0 Å². The summed E-state index contributed by atoms with van der Waals surface area (Å²) < 4.78 is 3.32. The van der Waals surface area contributed by atoms with Crippen molar-refractivity contribution in [1.82, 2.24) is 14.5 Å². The minimum Gasteiger partial charge on any atom is -0.323 e. The molecule has 20 heavy (non-hydrogen) atoms. The zero-order valence-corrected chi connectivity index (χ0v) is 13.0. The van der Waals surface area contributed by atoms with Gasteiger partial charge < -0.3 is 4.57 Å². The molecule has 0 saturated heterocycles. The van der Waals surface area contributed by atoms with Crippen LogP contribution in [0.25, 0.3) is 22.6 Å². The van der Waals surface area contributed by atoms with E-state index in [4.69, 9.17) is 4.98 Å². The van der Waals surface area contributed by atoms with Crippen molar-refractivity contribution < 1.29 is 0 Å². The average molecular weight is 330 g/mol. The van der Waals surface area contributed by atoms with Gasteiger partial charge in [0.25, 0.3) is 0 Å². The van der Waals surface area contributed by atoms with E-state index in [9.17, 15) is 0 Å². The molecular formula is C16H16BrN3. The van der Waals surface area contributed by atoms with E-state index >= 15 is 0 Å². The number of benzene rings is 1. The molecule has 2 aromatic heterocycles. The van der Waals surface area contributed by atoms with Gasteiger partial charge in [-0.15, -0.1) is 0 Å². The average Bonchev–Trinajstić information content (AvgIpc) is 2.83. The number of pyridine rings is 1. The highest BCUT2D eigenvalue weighted by Gasteiger charge is 2.13. The van der Waals surface area contributed by atoms with Gasteiger partial charge >= 0.3 is 0 Å². The Labute approximate surface area is 126 Å². The number of imidazole rings is 1. The van der Waals surface area contributed by atoms with Gasteiger partial charge in [-0.1, -0.05) is 35.3 Å². The second-order valence-corrected chi connectivity index (χ2v) is 5.70. The largest absolute Gasteiger partial charge is 0.323 e. The van der Waals surface area contributed by atoms with Crippen molar-refractivity contribution in [3.8, 4) is 11.5 Å². The number of unbranched alkanes of at least 4 members (excludes halogenated alkanes) is 1. The van der Waals surface area contributed by atoms with Crippen molar-refractivity contribution >= 4 is 27.0 Å². The quantitative estimate of drug-likeness (QED) is 0.696. The van der Waals surface area contributed by atoms with Gasteiger partial charge in [-0.25, -0.2) is 4.98 Å². The van der Waals surface area contributed by atoms with Crippen molar-refractivity contribution in [3.05, 3.63) is 47.1 Å². The summed E-state index contributed by atoms with van der Waals surface area (Å²) in [5.74, 6) is 0.951. The molecule has 0 aliphatic rings. The van der Waals surface area contributed by atoms with E-state index in [0.717, 1.165) is 40.9 Å². The molecule has 0 amide bonds. The van der Waals surface area contributed by atoms with Crippen molar-refractivity contribution in [2.24, 2.45) is 0 Å². The first-order valence-corrected chi connectivity index (χ1v) is 7.66. The molecule has 3 rings (SSSR count). The Bertz CT molecular complexity index is 719. The highest BCUT2D eigenvalue weighted by atomic mass is 79.9. The van der Waals surface area contributed by atoms with Gasteiger partial charge in [0.2, 0.25) is 0 Å². The summed E-state index contributed by atoms with van der Waals surface area (Å²) >= 11 is 3.51.